The van der Waals surface area contributed by atoms with Crippen molar-refractivity contribution in [2.75, 3.05) is 13.2 Å². The fourth-order valence-electron chi connectivity index (χ4n) is 6.96. The van der Waals surface area contributed by atoms with Gasteiger partial charge in [0.15, 0.2) is 10.9 Å². The maximum Gasteiger partial charge on any atom is 0.193 e. The Kier molecular flexibility index (Phi) is 11.0. The topological polar surface area (TPSA) is 144 Å². The molecule has 0 spiro atoms. The minimum absolute atomic E-state index is 0.109. The molecular weight excluding hydrogens is 759 g/mol. The molecule has 4 heterocycles. The fraction of sp³-hybridized carbons (Fsp3) is 0.149. The van der Waals surface area contributed by atoms with Crippen molar-refractivity contribution in [2.24, 2.45) is 0 Å². The molecule has 0 bridgehead atoms. The van der Waals surface area contributed by atoms with Crippen LogP contribution in [0.3, 0.4) is 0 Å². The lowest BCUT2D eigenvalue weighted by Gasteiger charge is -2.20. The van der Waals surface area contributed by atoms with Crippen molar-refractivity contribution in [1.82, 2.24) is 34.9 Å². The van der Waals surface area contributed by atoms with Crippen molar-refractivity contribution in [3.8, 4) is 34.1 Å². The highest BCUT2D eigenvalue weighted by atomic mass is 16.5. The standard InChI is InChI=1S/C47H39N7O6/c55-42-26-44(34-12-6-2-7-13-34)59-46-24-38(16-18-40(42)46)57-22-20-53-31-36(48-50-53)29-52(28-33-10-4-1-5-11-33)30-37-32-54(51-49-37)21-23-58-39-17-19-41-43(56)27-45(60-47(41)25-39)35-14-8-3-9-15-35/h1-19,24-27,31-32H,20-23,28-30H2. The van der Waals surface area contributed by atoms with Gasteiger partial charge in [0.1, 0.15) is 47.4 Å². The molecule has 5 aromatic carbocycles. The summed E-state index contributed by atoms with van der Waals surface area (Å²) in [7, 11) is 0. The van der Waals surface area contributed by atoms with Gasteiger partial charge >= 0.3 is 0 Å². The van der Waals surface area contributed by atoms with E-state index in [1.807, 2.05) is 91.3 Å². The van der Waals surface area contributed by atoms with Gasteiger partial charge in [0.05, 0.1) is 35.2 Å². The van der Waals surface area contributed by atoms with Gasteiger partial charge in [-0.15, -0.1) is 10.2 Å². The quantitative estimate of drug-likeness (QED) is 0.0946. The zero-order valence-corrected chi connectivity index (χ0v) is 32.5. The Morgan fingerprint density at radius 1 is 0.517 bits per heavy atom. The van der Waals surface area contributed by atoms with Gasteiger partial charge in [0, 0.05) is 67.4 Å². The highest BCUT2D eigenvalue weighted by Crippen LogP contribution is 2.26. The number of nitrogens with zero attached hydrogens (tertiary/aromatic N) is 7. The molecule has 9 rings (SSSR count). The van der Waals surface area contributed by atoms with Gasteiger partial charge in [-0.2, -0.15) is 0 Å². The van der Waals surface area contributed by atoms with Crippen LogP contribution in [-0.2, 0) is 32.7 Å². The van der Waals surface area contributed by atoms with Crippen LogP contribution >= 0.6 is 0 Å². The van der Waals surface area contributed by atoms with Crippen LogP contribution in [0.25, 0.3) is 44.6 Å². The first-order valence-corrected chi connectivity index (χ1v) is 19.6. The second-order valence-electron chi connectivity index (χ2n) is 14.3. The van der Waals surface area contributed by atoms with E-state index in [1.54, 1.807) is 45.8 Å². The number of rotatable bonds is 16. The maximum absolute atomic E-state index is 12.8. The average Bonchev–Trinajstić information content (AvgIpc) is 3.93. The zero-order valence-electron chi connectivity index (χ0n) is 32.5. The van der Waals surface area contributed by atoms with Gasteiger partial charge in [-0.25, -0.2) is 9.36 Å². The van der Waals surface area contributed by atoms with Crippen LogP contribution in [0.15, 0.2) is 170 Å². The van der Waals surface area contributed by atoms with Gasteiger partial charge in [-0.1, -0.05) is 101 Å². The summed E-state index contributed by atoms with van der Waals surface area (Å²) < 4.78 is 27.8. The second kappa shape index (κ2) is 17.5. The van der Waals surface area contributed by atoms with E-state index in [-0.39, 0.29) is 10.9 Å². The molecule has 0 aliphatic rings. The number of benzene rings is 5. The van der Waals surface area contributed by atoms with E-state index in [2.05, 4.69) is 37.7 Å². The van der Waals surface area contributed by atoms with Gasteiger partial charge in [-0.3, -0.25) is 14.5 Å². The molecule has 13 heteroatoms. The third kappa shape index (κ3) is 9.06. The first-order chi connectivity index (χ1) is 29.5. The van der Waals surface area contributed by atoms with Crippen molar-refractivity contribution < 1.29 is 18.3 Å². The Labute approximate surface area is 343 Å². The van der Waals surface area contributed by atoms with Crippen molar-refractivity contribution in [1.29, 1.82) is 0 Å². The van der Waals surface area contributed by atoms with Gasteiger partial charge in [-0.05, 0) is 29.8 Å². The van der Waals surface area contributed by atoms with Gasteiger partial charge < -0.3 is 18.3 Å². The lowest BCUT2D eigenvalue weighted by Crippen LogP contribution is -2.23. The van der Waals surface area contributed by atoms with Gasteiger partial charge in [0.2, 0.25) is 0 Å². The monoisotopic (exact) mass is 797 g/mol. The molecule has 0 fully saturated rings. The summed E-state index contributed by atoms with van der Waals surface area (Å²) in [5.41, 5.74) is 5.12. The first-order valence-electron chi connectivity index (χ1n) is 19.6. The Balaban J connectivity index is 0.809. The van der Waals surface area contributed by atoms with E-state index < -0.39 is 0 Å². The van der Waals surface area contributed by atoms with Crippen molar-refractivity contribution in [3.63, 3.8) is 0 Å². The van der Waals surface area contributed by atoms with E-state index in [1.165, 1.54) is 12.1 Å². The molecule has 0 aliphatic heterocycles. The molecule has 298 valence electrons. The average molecular weight is 798 g/mol. The normalized spacial score (nSPS) is 11.4. The Morgan fingerprint density at radius 2 is 0.967 bits per heavy atom. The smallest absolute Gasteiger partial charge is 0.193 e. The molecule has 60 heavy (non-hydrogen) atoms. The molecule has 0 amide bonds. The number of hydrogen-bond donors (Lipinski definition) is 0. The molecule has 0 radical (unpaired) electrons. The van der Waals surface area contributed by atoms with Crippen LogP contribution in [-0.4, -0.2) is 48.1 Å². The minimum Gasteiger partial charge on any atom is -0.492 e. The van der Waals surface area contributed by atoms with Crippen LogP contribution in [0.2, 0.25) is 0 Å². The predicted molar refractivity (Wildman–Crippen MR) is 226 cm³/mol. The van der Waals surface area contributed by atoms with Crippen molar-refractivity contribution in [2.45, 2.75) is 32.7 Å². The molecular formula is C47H39N7O6. The van der Waals surface area contributed by atoms with Crippen molar-refractivity contribution >= 4 is 21.9 Å². The summed E-state index contributed by atoms with van der Waals surface area (Å²) in [5.74, 6) is 2.19. The predicted octanol–water partition coefficient (Wildman–Crippen LogP) is 7.78. The Morgan fingerprint density at radius 3 is 1.43 bits per heavy atom. The highest BCUT2D eigenvalue weighted by Gasteiger charge is 2.15. The van der Waals surface area contributed by atoms with E-state index >= 15 is 0 Å². The largest absolute Gasteiger partial charge is 0.492 e. The summed E-state index contributed by atoms with van der Waals surface area (Å²) in [5, 5.41) is 18.6. The minimum atomic E-state index is -0.109. The van der Waals surface area contributed by atoms with E-state index in [0.717, 1.165) is 28.1 Å². The zero-order chi connectivity index (χ0) is 40.7. The van der Waals surface area contributed by atoms with Crippen LogP contribution in [0.5, 0.6) is 11.5 Å². The second-order valence-corrected chi connectivity index (χ2v) is 14.3. The third-order valence-electron chi connectivity index (χ3n) is 9.89. The van der Waals surface area contributed by atoms with Crippen LogP contribution < -0.4 is 20.3 Å². The van der Waals surface area contributed by atoms with Crippen molar-refractivity contribution in [3.05, 3.63) is 189 Å². The van der Waals surface area contributed by atoms with Crippen LogP contribution in [0.1, 0.15) is 17.0 Å². The highest BCUT2D eigenvalue weighted by molar-refractivity contribution is 5.81. The lowest BCUT2D eigenvalue weighted by molar-refractivity contribution is 0.241. The van der Waals surface area contributed by atoms with E-state index in [4.69, 9.17) is 18.3 Å². The molecule has 0 unspecified atom stereocenters. The SMILES string of the molecule is O=c1cc(-c2ccccc2)oc2cc(OCCn3cc(CN(Cc4ccccc4)Cc4cn(CCOc5ccc6c(=O)cc(-c7ccccc7)oc6c5)nn4)nn3)ccc12. The Hall–Kier alpha value is -7.64. The molecule has 4 aromatic heterocycles. The summed E-state index contributed by atoms with van der Waals surface area (Å²) >= 11 is 0. The maximum atomic E-state index is 12.8. The number of hydrogen-bond acceptors (Lipinski definition) is 11. The lowest BCUT2D eigenvalue weighted by atomic mass is 10.1. The summed E-state index contributed by atoms with van der Waals surface area (Å²) in [6.07, 6.45) is 3.84. The van der Waals surface area contributed by atoms with Crippen LogP contribution in [0, 0.1) is 0 Å². The molecule has 13 nitrogen and oxygen atoms in total. The van der Waals surface area contributed by atoms with Gasteiger partial charge in [0.25, 0.3) is 0 Å². The Bertz CT molecular complexity index is 2800. The molecule has 0 saturated carbocycles. The molecule has 0 saturated heterocycles. The summed E-state index contributed by atoms with van der Waals surface area (Å²) in [4.78, 5) is 27.8. The number of ether oxygens (including phenoxy) is 2. The number of fused-ring (bicyclic) bond motifs is 2. The molecule has 0 atom stereocenters. The van der Waals surface area contributed by atoms with E-state index in [0.29, 0.717) is 90.9 Å². The molecule has 0 aliphatic carbocycles. The number of aromatic nitrogens is 6. The molecule has 0 N–H and O–H groups in total. The fourth-order valence-corrected chi connectivity index (χ4v) is 6.96. The van der Waals surface area contributed by atoms with E-state index in [9.17, 15) is 9.59 Å². The van der Waals surface area contributed by atoms with Crippen LogP contribution in [0.4, 0.5) is 0 Å². The summed E-state index contributed by atoms with van der Waals surface area (Å²) in [6.45, 7) is 3.34. The summed E-state index contributed by atoms with van der Waals surface area (Å²) in [6, 6.07) is 42.8. The third-order valence-corrected chi connectivity index (χ3v) is 9.89. The molecule has 9 aromatic rings. The first kappa shape index (κ1) is 37.9.